The van der Waals surface area contributed by atoms with Crippen LogP contribution >= 0.6 is 0 Å². The van der Waals surface area contributed by atoms with Crippen molar-refractivity contribution in [3.8, 4) is 0 Å². The lowest BCUT2D eigenvalue weighted by atomic mass is 9.95. The normalized spacial score (nSPS) is 17.1. The third-order valence-electron chi connectivity index (χ3n) is 4.44. The van der Waals surface area contributed by atoms with Crippen molar-refractivity contribution in [1.82, 2.24) is 10.2 Å². The minimum atomic E-state index is -0.483. The van der Waals surface area contributed by atoms with Gasteiger partial charge in [-0.1, -0.05) is 27.7 Å². The molecular formula is C20H29N3O3. The molecule has 6 nitrogen and oxygen atoms in total. The van der Waals surface area contributed by atoms with Gasteiger partial charge in [-0.05, 0) is 43.5 Å². The van der Waals surface area contributed by atoms with Crippen molar-refractivity contribution in [3.63, 3.8) is 0 Å². The Labute approximate surface area is 155 Å². The molecule has 1 fully saturated rings. The topological polar surface area (TPSA) is 78.5 Å². The van der Waals surface area contributed by atoms with Crippen LogP contribution in [0.5, 0.6) is 0 Å². The molecule has 0 spiro atoms. The molecule has 0 aromatic heterocycles. The smallest absolute Gasteiger partial charge is 0.254 e. The molecule has 1 aliphatic heterocycles. The molecule has 1 aromatic carbocycles. The average molecular weight is 359 g/mol. The Morgan fingerprint density at radius 2 is 1.81 bits per heavy atom. The molecule has 2 rings (SSSR count). The molecule has 26 heavy (non-hydrogen) atoms. The van der Waals surface area contributed by atoms with E-state index in [1.807, 2.05) is 27.7 Å². The summed E-state index contributed by atoms with van der Waals surface area (Å²) in [5.41, 5.74) is 0.692. The van der Waals surface area contributed by atoms with Crippen molar-refractivity contribution < 1.29 is 14.4 Å². The summed E-state index contributed by atoms with van der Waals surface area (Å²) in [6, 6.07) is 6.44. The van der Waals surface area contributed by atoms with Gasteiger partial charge < -0.3 is 15.5 Å². The first-order valence-electron chi connectivity index (χ1n) is 9.24. The van der Waals surface area contributed by atoms with Gasteiger partial charge in [0, 0.05) is 29.8 Å². The number of carbonyl (C=O) groups excluding carboxylic acids is 3. The minimum Gasteiger partial charge on any atom is -0.354 e. The second-order valence-electron chi connectivity index (χ2n) is 7.73. The van der Waals surface area contributed by atoms with Gasteiger partial charge in [-0.25, -0.2) is 0 Å². The summed E-state index contributed by atoms with van der Waals surface area (Å²) in [6.45, 7) is 8.74. The molecule has 1 heterocycles. The molecule has 0 bridgehead atoms. The third-order valence-corrected chi connectivity index (χ3v) is 4.44. The second kappa shape index (κ2) is 8.34. The number of carbonyl (C=O) groups is 3. The first-order chi connectivity index (χ1) is 12.2. The standard InChI is InChI=1S/C20H29N3O3/c1-5-12-21-17(24)16-7-6-13-23(16)18(25)14-8-10-15(11-9-14)22-19(26)20(2,3)4/h8-11,16H,5-7,12-13H2,1-4H3,(H,21,24)(H,22,26)/t16-/m0/s1. The highest BCUT2D eigenvalue weighted by Gasteiger charge is 2.34. The third kappa shape index (κ3) is 4.84. The molecule has 1 aromatic rings. The van der Waals surface area contributed by atoms with Gasteiger partial charge in [-0.2, -0.15) is 0 Å². The number of nitrogens with one attached hydrogen (secondary N) is 2. The van der Waals surface area contributed by atoms with Crippen LogP contribution in [0.25, 0.3) is 0 Å². The number of rotatable bonds is 5. The Kier molecular flexibility index (Phi) is 6.40. The molecular weight excluding hydrogens is 330 g/mol. The number of hydrogen-bond acceptors (Lipinski definition) is 3. The molecule has 1 saturated heterocycles. The predicted octanol–water partition coefficient (Wildman–Crippen LogP) is 2.80. The molecule has 0 radical (unpaired) electrons. The molecule has 142 valence electrons. The highest BCUT2D eigenvalue weighted by Crippen LogP contribution is 2.22. The molecule has 0 unspecified atom stereocenters. The Bertz CT molecular complexity index is 662. The van der Waals surface area contributed by atoms with Crippen molar-refractivity contribution in [2.45, 2.75) is 53.0 Å². The first kappa shape index (κ1) is 19.9. The highest BCUT2D eigenvalue weighted by molar-refractivity contribution is 5.99. The molecule has 1 aliphatic rings. The maximum Gasteiger partial charge on any atom is 0.254 e. The zero-order valence-corrected chi connectivity index (χ0v) is 16.1. The Balaban J connectivity index is 2.05. The molecule has 0 saturated carbocycles. The van der Waals surface area contributed by atoms with E-state index in [-0.39, 0.29) is 17.7 Å². The maximum absolute atomic E-state index is 12.8. The van der Waals surface area contributed by atoms with Crippen LogP contribution in [0.15, 0.2) is 24.3 Å². The van der Waals surface area contributed by atoms with Gasteiger partial charge in [0.1, 0.15) is 6.04 Å². The van der Waals surface area contributed by atoms with Gasteiger partial charge in [0.05, 0.1) is 0 Å². The average Bonchev–Trinajstić information content (AvgIpc) is 3.08. The van der Waals surface area contributed by atoms with Gasteiger partial charge >= 0.3 is 0 Å². The summed E-state index contributed by atoms with van der Waals surface area (Å²) in [5.74, 6) is -0.302. The molecule has 6 heteroatoms. The number of amides is 3. The van der Waals surface area contributed by atoms with Gasteiger partial charge in [0.25, 0.3) is 5.91 Å². The van der Waals surface area contributed by atoms with Gasteiger partial charge in [-0.15, -0.1) is 0 Å². The second-order valence-corrected chi connectivity index (χ2v) is 7.73. The fraction of sp³-hybridized carbons (Fsp3) is 0.550. The van der Waals surface area contributed by atoms with E-state index in [9.17, 15) is 14.4 Å². The van der Waals surface area contributed by atoms with E-state index in [0.717, 1.165) is 12.8 Å². The van der Waals surface area contributed by atoms with Crippen LogP contribution in [0.1, 0.15) is 57.3 Å². The lowest BCUT2D eigenvalue weighted by Crippen LogP contribution is -2.46. The Hall–Kier alpha value is -2.37. The fourth-order valence-corrected chi connectivity index (χ4v) is 2.83. The van der Waals surface area contributed by atoms with E-state index < -0.39 is 11.5 Å². The summed E-state index contributed by atoms with van der Waals surface area (Å²) in [4.78, 5) is 38.7. The Morgan fingerprint density at radius 1 is 1.15 bits per heavy atom. The molecule has 0 aliphatic carbocycles. The van der Waals surface area contributed by atoms with Crippen molar-refractivity contribution in [2.24, 2.45) is 5.41 Å². The van der Waals surface area contributed by atoms with E-state index >= 15 is 0 Å². The highest BCUT2D eigenvalue weighted by atomic mass is 16.2. The first-order valence-corrected chi connectivity index (χ1v) is 9.24. The molecule has 3 amide bonds. The monoisotopic (exact) mass is 359 g/mol. The lowest BCUT2D eigenvalue weighted by molar-refractivity contribution is -0.125. The zero-order valence-electron chi connectivity index (χ0n) is 16.1. The van der Waals surface area contributed by atoms with E-state index in [1.54, 1.807) is 29.2 Å². The van der Waals surface area contributed by atoms with Gasteiger partial charge in [-0.3, -0.25) is 14.4 Å². The quantitative estimate of drug-likeness (QED) is 0.848. The number of anilines is 1. The summed E-state index contributed by atoms with van der Waals surface area (Å²) in [7, 11) is 0. The van der Waals surface area contributed by atoms with Gasteiger partial charge in [0.15, 0.2) is 0 Å². The number of benzene rings is 1. The van der Waals surface area contributed by atoms with Crippen molar-refractivity contribution in [3.05, 3.63) is 29.8 Å². The minimum absolute atomic E-state index is 0.0771. The number of hydrogen-bond donors (Lipinski definition) is 2. The maximum atomic E-state index is 12.8. The van der Waals surface area contributed by atoms with E-state index in [2.05, 4.69) is 10.6 Å². The van der Waals surface area contributed by atoms with Crippen molar-refractivity contribution >= 4 is 23.4 Å². The summed E-state index contributed by atoms with van der Waals surface area (Å²) < 4.78 is 0. The van der Waals surface area contributed by atoms with Crippen LogP contribution < -0.4 is 10.6 Å². The SMILES string of the molecule is CCCNC(=O)[C@@H]1CCCN1C(=O)c1ccc(NC(=O)C(C)(C)C)cc1. The molecule has 1 atom stereocenters. The van der Waals surface area contributed by atoms with E-state index in [1.165, 1.54) is 0 Å². The van der Waals surface area contributed by atoms with Crippen molar-refractivity contribution in [2.75, 3.05) is 18.4 Å². The number of likely N-dealkylation sites (tertiary alicyclic amines) is 1. The van der Waals surface area contributed by atoms with E-state index in [0.29, 0.717) is 30.8 Å². The van der Waals surface area contributed by atoms with Crippen LogP contribution in [0.2, 0.25) is 0 Å². The number of nitrogens with zero attached hydrogens (tertiary/aromatic N) is 1. The van der Waals surface area contributed by atoms with Crippen LogP contribution in [0, 0.1) is 5.41 Å². The van der Waals surface area contributed by atoms with Crippen LogP contribution in [0.4, 0.5) is 5.69 Å². The van der Waals surface area contributed by atoms with Crippen LogP contribution in [-0.4, -0.2) is 41.8 Å². The fourth-order valence-electron chi connectivity index (χ4n) is 2.83. The van der Waals surface area contributed by atoms with Crippen molar-refractivity contribution in [1.29, 1.82) is 0 Å². The zero-order chi connectivity index (χ0) is 19.3. The van der Waals surface area contributed by atoms with E-state index in [4.69, 9.17) is 0 Å². The summed E-state index contributed by atoms with van der Waals surface area (Å²) >= 11 is 0. The molecule has 2 N–H and O–H groups in total. The Morgan fingerprint density at radius 3 is 2.38 bits per heavy atom. The lowest BCUT2D eigenvalue weighted by Gasteiger charge is -2.24. The summed E-state index contributed by atoms with van der Waals surface area (Å²) in [5, 5.41) is 5.71. The summed E-state index contributed by atoms with van der Waals surface area (Å²) in [6.07, 6.45) is 2.39. The van der Waals surface area contributed by atoms with Crippen LogP contribution in [0.3, 0.4) is 0 Å². The van der Waals surface area contributed by atoms with Crippen LogP contribution in [-0.2, 0) is 9.59 Å². The predicted molar refractivity (Wildman–Crippen MR) is 102 cm³/mol. The largest absolute Gasteiger partial charge is 0.354 e. The van der Waals surface area contributed by atoms with Gasteiger partial charge in [0.2, 0.25) is 11.8 Å².